The summed E-state index contributed by atoms with van der Waals surface area (Å²) in [6, 6.07) is 9.45. The monoisotopic (exact) mass is 670 g/mol. The van der Waals surface area contributed by atoms with Crippen LogP contribution in [0.2, 0.25) is 54.4 Å². The van der Waals surface area contributed by atoms with Crippen LogP contribution < -0.4 is 0 Å². The average molecular weight is 671 g/mol. The van der Waals surface area contributed by atoms with Crippen molar-refractivity contribution < 1.29 is 47.7 Å². The van der Waals surface area contributed by atoms with Crippen molar-refractivity contribution in [1.29, 1.82) is 0 Å². The molecule has 0 radical (unpaired) electrons. The first-order valence-electron chi connectivity index (χ1n) is 16.2. The van der Waals surface area contributed by atoms with Crippen molar-refractivity contribution in [3.8, 4) is 0 Å². The number of hydrogen-bond donors (Lipinski definition) is 3. The number of aliphatic hydroxyl groups is 3. The van der Waals surface area contributed by atoms with Gasteiger partial charge in [-0.25, -0.2) is 0 Å². The van der Waals surface area contributed by atoms with Crippen LogP contribution in [0.25, 0.3) is 0 Å². The summed E-state index contributed by atoms with van der Waals surface area (Å²) >= 11 is 0. The Labute approximate surface area is 265 Å². The van der Waals surface area contributed by atoms with Gasteiger partial charge in [0.25, 0.3) is 0 Å². The fourth-order valence-electron chi connectivity index (χ4n) is 5.12. The van der Waals surface area contributed by atoms with E-state index in [4.69, 9.17) is 33.3 Å². The number of rotatable bonds is 23. The fraction of sp³-hybridized carbons (Fsp3) is 0.933. The molecular formula is C30H66O10Si3. The Morgan fingerprint density at radius 1 is 0.465 bits per heavy atom. The highest BCUT2D eigenvalue weighted by Gasteiger charge is 2.47. The Kier molecular flexibility index (Phi) is 22.7. The van der Waals surface area contributed by atoms with Crippen molar-refractivity contribution in [2.24, 2.45) is 10.8 Å². The van der Waals surface area contributed by atoms with E-state index in [-0.39, 0.29) is 5.97 Å². The summed E-state index contributed by atoms with van der Waals surface area (Å²) in [5.74, 6) is -1.06. The van der Waals surface area contributed by atoms with Gasteiger partial charge in [0.2, 0.25) is 0 Å². The van der Waals surface area contributed by atoms with Gasteiger partial charge in [0.1, 0.15) is 10.8 Å². The normalized spacial score (nSPS) is 12.9. The second-order valence-corrected chi connectivity index (χ2v) is 25.9. The minimum atomic E-state index is -1.88. The van der Waals surface area contributed by atoms with E-state index in [1.165, 1.54) is 7.11 Å². The predicted octanol–water partition coefficient (Wildman–Crippen LogP) is 5.33. The molecule has 0 atom stereocenters. The molecule has 0 bridgehead atoms. The third-order valence-electron chi connectivity index (χ3n) is 9.91. The first-order chi connectivity index (χ1) is 20.3. The number of carbonyl (C=O) groups excluding carboxylic acids is 2. The molecule has 0 heterocycles. The minimum absolute atomic E-state index is 0.249. The molecule has 10 nitrogen and oxygen atoms in total. The summed E-state index contributed by atoms with van der Waals surface area (Å²) in [7, 11) is -3.04. The van der Waals surface area contributed by atoms with E-state index in [0.29, 0.717) is 19.8 Å². The van der Waals surface area contributed by atoms with Crippen molar-refractivity contribution >= 4 is 36.9 Å². The van der Waals surface area contributed by atoms with E-state index in [2.05, 4.69) is 67.1 Å². The zero-order valence-electron chi connectivity index (χ0n) is 29.3. The van der Waals surface area contributed by atoms with Gasteiger partial charge in [-0.05, 0) is 54.4 Å². The molecule has 0 amide bonds. The molecule has 0 aliphatic heterocycles. The smallest absolute Gasteiger partial charge is 0.318 e. The highest BCUT2D eigenvalue weighted by atomic mass is 28.4. The lowest BCUT2D eigenvalue weighted by molar-refractivity contribution is -0.162. The van der Waals surface area contributed by atoms with Gasteiger partial charge in [-0.15, -0.1) is 0 Å². The van der Waals surface area contributed by atoms with E-state index in [9.17, 15) is 9.59 Å². The van der Waals surface area contributed by atoms with Crippen LogP contribution >= 0.6 is 0 Å². The summed E-state index contributed by atoms with van der Waals surface area (Å²) < 4.78 is 29.8. The molecule has 258 valence electrons. The van der Waals surface area contributed by atoms with Crippen molar-refractivity contribution in [2.45, 2.75) is 117 Å². The molecule has 0 unspecified atom stereocenters. The molecule has 0 spiro atoms. The molecule has 0 aliphatic rings. The van der Waals surface area contributed by atoms with Gasteiger partial charge in [0.15, 0.2) is 25.0 Å². The zero-order valence-corrected chi connectivity index (χ0v) is 32.3. The maximum atomic E-state index is 13.4. The number of methoxy groups -OCH3 is 2. The van der Waals surface area contributed by atoms with Crippen LogP contribution in [-0.2, 0) is 32.3 Å². The number of carbonyl (C=O) groups is 2. The first kappa shape index (κ1) is 44.5. The Hall–Kier alpha value is -0.649. The summed E-state index contributed by atoms with van der Waals surface area (Å²) in [6.07, 6.45) is 0. The number of esters is 2. The second-order valence-electron chi connectivity index (χ2n) is 11.6. The SMILES string of the molecule is CC[Si](CC)(CC)OCC(CO[Si](CC)(CC)CC)(CO[Si](CC)(CC)CC)C(=O)OC.COC(=O)C(CO)(CO)CO. The van der Waals surface area contributed by atoms with Crippen molar-refractivity contribution in [1.82, 2.24) is 0 Å². The van der Waals surface area contributed by atoms with Crippen LogP contribution in [0.4, 0.5) is 0 Å². The number of hydrogen-bond acceptors (Lipinski definition) is 10. The maximum Gasteiger partial charge on any atom is 0.318 e. The van der Waals surface area contributed by atoms with Crippen LogP contribution in [0.15, 0.2) is 0 Å². The van der Waals surface area contributed by atoms with Crippen molar-refractivity contribution in [2.75, 3.05) is 53.9 Å². The molecular weight excluding hydrogens is 605 g/mol. The molecule has 0 fully saturated rings. The lowest BCUT2D eigenvalue weighted by Gasteiger charge is -2.41. The van der Waals surface area contributed by atoms with E-state index in [1.54, 1.807) is 0 Å². The van der Waals surface area contributed by atoms with E-state index in [1.807, 2.05) is 0 Å². The van der Waals surface area contributed by atoms with E-state index < -0.39 is 61.6 Å². The summed E-state index contributed by atoms with van der Waals surface area (Å²) in [6.45, 7) is 19.1. The Balaban J connectivity index is 0. The van der Waals surface area contributed by atoms with Gasteiger partial charge in [-0.3, -0.25) is 9.59 Å². The van der Waals surface area contributed by atoms with E-state index >= 15 is 0 Å². The largest absolute Gasteiger partial charge is 0.468 e. The topological polar surface area (TPSA) is 141 Å². The second kappa shape index (κ2) is 22.0. The lowest BCUT2D eigenvalue weighted by Crippen LogP contribution is -2.53. The number of ether oxygens (including phenoxy) is 2. The highest BCUT2D eigenvalue weighted by Crippen LogP contribution is 2.33. The van der Waals surface area contributed by atoms with Gasteiger partial charge in [0.05, 0.1) is 53.9 Å². The predicted molar refractivity (Wildman–Crippen MR) is 180 cm³/mol. The van der Waals surface area contributed by atoms with Crippen molar-refractivity contribution in [3.05, 3.63) is 0 Å². The van der Waals surface area contributed by atoms with Gasteiger partial charge in [0, 0.05) is 0 Å². The molecule has 0 aromatic carbocycles. The molecule has 0 aliphatic carbocycles. The van der Waals surface area contributed by atoms with Crippen LogP contribution in [0.1, 0.15) is 62.3 Å². The molecule has 0 saturated heterocycles. The lowest BCUT2D eigenvalue weighted by atomic mass is 9.91. The minimum Gasteiger partial charge on any atom is -0.468 e. The van der Waals surface area contributed by atoms with E-state index in [0.717, 1.165) is 61.5 Å². The van der Waals surface area contributed by atoms with Crippen LogP contribution in [0, 0.1) is 10.8 Å². The average Bonchev–Trinajstić information content (AvgIpc) is 3.07. The molecule has 43 heavy (non-hydrogen) atoms. The number of aliphatic hydroxyl groups excluding tert-OH is 3. The third kappa shape index (κ3) is 12.2. The van der Waals surface area contributed by atoms with Crippen molar-refractivity contribution in [3.63, 3.8) is 0 Å². The molecule has 3 N–H and O–H groups in total. The van der Waals surface area contributed by atoms with Crippen LogP contribution in [0.3, 0.4) is 0 Å². The molecule has 0 rings (SSSR count). The molecule has 0 saturated carbocycles. The van der Waals surface area contributed by atoms with Crippen LogP contribution in [-0.4, -0.2) is 106 Å². The van der Waals surface area contributed by atoms with Gasteiger partial charge < -0.3 is 38.1 Å². The standard InChI is InChI=1S/C24H54O5Si3.C6H12O5/c1-11-30(12-2,13-3)27-20-24(23(25)26-10,21-28-31(14-4,15-5)16-6)22-29-32(17-7,18-8)19-9;1-11-5(10)6(2-7,3-8)4-9/h11-22H2,1-10H3;7-9H,2-4H2,1H3. The maximum absolute atomic E-state index is 13.4. The molecule has 0 aromatic rings. The highest BCUT2D eigenvalue weighted by molar-refractivity contribution is 6.74. The Bertz CT molecular complexity index is 660. The van der Waals surface area contributed by atoms with Gasteiger partial charge in [-0.1, -0.05) is 62.3 Å². The quantitative estimate of drug-likeness (QED) is 0.0965. The zero-order chi connectivity index (χ0) is 33.8. The third-order valence-corrected chi connectivity index (χ3v) is 23.8. The Morgan fingerprint density at radius 3 is 0.814 bits per heavy atom. The Morgan fingerprint density at radius 2 is 0.674 bits per heavy atom. The summed E-state index contributed by atoms with van der Waals surface area (Å²) in [4.78, 5) is 24.2. The first-order valence-corrected chi connectivity index (χ1v) is 23.8. The molecule has 0 aromatic heterocycles. The van der Waals surface area contributed by atoms with Crippen LogP contribution in [0.5, 0.6) is 0 Å². The van der Waals surface area contributed by atoms with Gasteiger partial charge >= 0.3 is 11.9 Å². The van der Waals surface area contributed by atoms with Gasteiger partial charge in [-0.2, -0.15) is 0 Å². The molecule has 13 heteroatoms. The summed E-state index contributed by atoms with van der Waals surface area (Å²) in [5.41, 5.74) is -2.46. The fourth-order valence-corrected chi connectivity index (χ4v) is 13.2. The summed E-state index contributed by atoms with van der Waals surface area (Å²) in [5, 5.41) is 26.0.